The molecule has 0 N–H and O–H groups in total. The van der Waals surface area contributed by atoms with Crippen LogP contribution in [0, 0.1) is 7.11 Å². The summed E-state index contributed by atoms with van der Waals surface area (Å²) >= 11 is 0. The fraction of sp³-hybridized carbons (Fsp3) is 0. The zero-order chi connectivity index (χ0) is 11.0. The lowest BCUT2D eigenvalue weighted by Crippen LogP contribution is -1.83. The molecule has 16 heavy (non-hydrogen) atoms. The molecule has 0 saturated carbocycles. The van der Waals surface area contributed by atoms with Crippen molar-refractivity contribution in [1.82, 2.24) is 0 Å². The van der Waals surface area contributed by atoms with E-state index >= 15 is 0 Å². The van der Waals surface area contributed by atoms with E-state index in [1.54, 1.807) is 0 Å². The number of ether oxygens (including phenoxy) is 1. The molecule has 0 aliphatic rings. The van der Waals surface area contributed by atoms with Crippen molar-refractivity contribution in [3.63, 3.8) is 0 Å². The number of hydrogen-bond acceptors (Lipinski definition) is 1. The Labute approximate surface area is 94.3 Å². The van der Waals surface area contributed by atoms with E-state index in [0.29, 0.717) is 0 Å². The van der Waals surface area contributed by atoms with Gasteiger partial charge < -0.3 is 4.74 Å². The highest BCUT2D eigenvalue weighted by Gasteiger charge is 2.04. The minimum Gasteiger partial charge on any atom is -0.489 e. The summed E-state index contributed by atoms with van der Waals surface area (Å²) in [5.74, 6) is 0.828. The molecule has 0 heterocycles. The zero-order valence-electron chi connectivity index (χ0n) is 8.81. The van der Waals surface area contributed by atoms with Crippen LogP contribution >= 0.6 is 0 Å². The van der Waals surface area contributed by atoms with Crippen molar-refractivity contribution < 1.29 is 4.74 Å². The van der Waals surface area contributed by atoms with Crippen molar-refractivity contribution in [3.8, 4) is 5.75 Å². The maximum atomic E-state index is 5.19. The van der Waals surface area contributed by atoms with Crippen molar-refractivity contribution in [2.24, 2.45) is 0 Å². The van der Waals surface area contributed by atoms with Gasteiger partial charge in [0.25, 0.3) is 0 Å². The zero-order valence-corrected chi connectivity index (χ0v) is 8.81. The van der Waals surface area contributed by atoms with E-state index in [2.05, 4.69) is 37.4 Å². The number of fused-ring (bicyclic) bond motifs is 3. The summed E-state index contributed by atoms with van der Waals surface area (Å²) in [6.07, 6.45) is 0. The van der Waals surface area contributed by atoms with Crippen LogP contribution in [-0.2, 0) is 0 Å². The smallest absolute Gasteiger partial charge is 0.127 e. The first-order valence-corrected chi connectivity index (χ1v) is 5.22. The van der Waals surface area contributed by atoms with Crippen LogP contribution in [0.2, 0.25) is 0 Å². The Balaban J connectivity index is 2.57. The van der Waals surface area contributed by atoms with Gasteiger partial charge in [0, 0.05) is 5.39 Å². The van der Waals surface area contributed by atoms with Crippen LogP contribution in [0.25, 0.3) is 21.5 Å². The van der Waals surface area contributed by atoms with Crippen LogP contribution in [0.3, 0.4) is 0 Å². The fourth-order valence-electron chi connectivity index (χ4n) is 2.15. The summed E-state index contributed by atoms with van der Waals surface area (Å²) in [5, 5.41) is 4.74. The van der Waals surface area contributed by atoms with Crippen LogP contribution in [0.4, 0.5) is 0 Å². The average Bonchev–Trinajstić information content (AvgIpc) is 2.37. The lowest BCUT2D eigenvalue weighted by atomic mass is 10.0. The molecule has 0 unspecified atom stereocenters. The second-order valence-corrected chi connectivity index (χ2v) is 3.79. The molecule has 1 nitrogen and oxygen atoms in total. The molecule has 0 fully saturated rings. The number of rotatable bonds is 1. The van der Waals surface area contributed by atoms with Gasteiger partial charge >= 0.3 is 0 Å². The normalized spacial score (nSPS) is 10.8. The number of hydrogen-bond donors (Lipinski definition) is 0. The summed E-state index contributed by atoms with van der Waals surface area (Å²) in [4.78, 5) is 0. The largest absolute Gasteiger partial charge is 0.489 e. The third-order valence-corrected chi connectivity index (χ3v) is 2.89. The van der Waals surface area contributed by atoms with Crippen LogP contribution in [0.15, 0.2) is 54.6 Å². The van der Waals surface area contributed by atoms with Gasteiger partial charge in [-0.15, -0.1) is 0 Å². The van der Waals surface area contributed by atoms with Gasteiger partial charge in [-0.2, -0.15) is 0 Å². The Bertz CT molecular complexity index is 656. The molecule has 0 aromatic heterocycles. The van der Waals surface area contributed by atoms with Gasteiger partial charge in [0.1, 0.15) is 12.9 Å². The lowest BCUT2D eigenvalue weighted by Gasteiger charge is -2.08. The van der Waals surface area contributed by atoms with Gasteiger partial charge in [0.05, 0.1) is 0 Å². The Hall–Kier alpha value is -2.02. The summed E-state index contributed by atoms with van der Waals surface area (Å²) in [7, 11) is 3.51. The van der Waals surface area contributed by atoms with Crippen LogP contribution in [-0.4, -0.2) is 0 Å². The maximum Gasteiger partial charge on any atom is 0.127 e. The van der Waals surface area contributed by atoms with Crippen molar-refractivity contribution in [2.45, 2.75) is 0 Å². The molecule has 0 aliphatic heterocycles. The quantitative estimate of drug-likeness (QED) is 0.544. The second kappa shape index (κ2) is 3.53. The van der Waals surface area contributed by atoms with E-state index in [4.69, 9.17) is 4.74 Å². The highest BCUT2D eigenvalue weighted by molar-refractivity contribution is 6.10. The van der Waals surface area contributed by atoms with Crippen molar-refractivity contribution in [1.29, 1.82) is 0 Å². The second-order valence-electron chi connectivity index (χ2n) is 3.79. The summed E-state index contributed by atoms with van der Waals surface area (Å²) < 4.78 is 5.19. The molecule has 3 aromatic rings. The van der Waals surface area contributed by atoms with E-state index in [1.165, 1.54) is 16.2 Å². The topological polar surface area (TPSA) is 9.23 Å². The van der Waals surface area contributed by atoms with Crippen LogP contribution in [0.5, 0.6) is 5.75 Å². The Kier molecular flexibility index (Phi) is 2.03. The van der Waals surface area contributed by atoms with E-state index < -0.39 is 0 Å². The van der Waals surface area contributed by atoms with Gasteiger partial charge in [0.15, 0.2) is 0 Å². The first-order chi connectivity index (χ1) is 7.90. The Morgan fingerprint density at radius 3 is 2.38 bits per heavy atom. The van der Waals surface area contributed by atoms with Gasteiger partial charge in [-0.1, -0.05) is 48.5 Å². The average molecular weight is 207 g/mol. The van der Waals surface area contributed by atoms with Gasteiger partial charge in [-0.05, 0) is 22.2 Å². The summed E-state index contributed by atoms with van der Waals surface area (Å²) in [6.45, 7) is 0. The minimum atomic E-state index is 0.828. The van der Waals surface area contributed by atoms with Gasteiger partial charge in [-0.3, -0.25) is 0 Å². The van der Waals surface area contributed by atoms with Gasteiger partial charge in [0.2, 0.25) is 0 Å². The molecular weight excluding hydrogens is 196 g/mol. The van der Waals surface area contributed by atoms with E-state index in [9.17, 15) is 0 Å². The summed E-state index contributed by atoms with van der Waals surface area (Å²) in [6, 6.07) is 18.6. The predicted molar refractivity (Wildman–Crippen MR) is 67.4 cm³/mol. The molecule has 3 aromatic carbocycles. The molecule has 0 amide bonds. The molecule has 0 spiro atoms. The molecule has 0 bridgehead atoms. The third kappa shape index (κ3) is 1.25. The van der Waals surface area contributed by atoms with E-state index in [0.717, 1.165) is 11.1 Å². The standard InChI is InChI=1S/C15H11O/c1-16-14-8-4-6-12-10-9-11-5-2-3-7-13(11)15(12)14/h2-10H,1H2. The maximum absolute atomic E-state index is 5.19. The van der Waals surface area contributed by atoms with Gasteiger partial charge in [-0.25, -0.2) is 0 Å². The minimum absolute atomic E-state index is 0.828. The van der Waals surface area contributed by atoms with E-state index in [1.807, 2.05) is 24.3 Å². The highest BCUT2D eigenvalue weighted by atomic mass is 16.5. The van der Waals surface area contributed by atoms with Crippen molar-refractivity contribution in [3.05, 3.63) is 61.7 Å². The first-order valence-electron chi connectivity index (χ1n) is 5.22. The van der Waals surface area contributed by atoms with Crippen LogP contribution < -0.4 is 4.74 Å². The molecule has 1 radical (unpaired) electrons. The Morgan fingerprint density at radius 2 is 1.50 bits per heavy atom. The molecule has 0 atom stereocenters. The predicted octanol–water partition coefficient (Wildman–Crippen LogP) is 4.16. The molecule has 0 aliphatic carbocycles. The first kappa shape index (κ1) is 9.22. The lowest BCUT2D eigenvalue weighted by molar-refractivity contribution is 0.479. The molecule has 77 valence electrons. The SMILES string of the molecule is [CH2]Oc1cccc2ccc3ccccc3c12. The molecule has 0 saturated heterocycles. The van der Waals surface area contributed by atoms with Crippen molar-refractivity contribution in [2.75, 3.05) is 0 Å². The fourth-order valence-corrected chi connectivity index (χ4v) is 2.15. The van der Waals surface area contributed by atoms with Crippen molar-refractivity contribution >= 4 is 21.5 Å². The number of benzene rings is 3. The van der Waals surface area contributed by atoms with E-state index in [-0.39, 0.29) is 0 Å². The summed E-state index contributed by atoms with van der Waals surface area (Å²) in [5.41, 5.74) is 0. The third-order valence-electron chi connectivity index (χ3n) is 2.89. The monoisotopic (exact) mass is 207 g/mol. The van der Waals surface area contributed by atoms with Crippen LogP contribution in [0.1, 0.15) is 0 Å². The highest BCUT2D eigenvalue weighted by Crippen LogP contribution is 2.32. The molecular formula is C15H11O. The molecule has 3 rings (SSSR count). The Morgan fingerprint density at radius 1 is 0.750 bits per heavy atom. The molecule has 1 heteroatoms.